The quantitative estimate of drug-likeness (QED) is 0.390. The first-order valence-electron chi connectivity index (χ1n) is 7.37. The third-order valence-corrected chi connectivity index (χ3v) is 4.01. The highest BCUT2D eigenvalue weighted by molar-refractivity contribution is 6.18. The summed E-state index contributed by atoms with van der Waals surface area (Å²) < 4.78 is 0. The molecule has 1 heterocycles. The second-order valence-corrected chi connectivity index (χ2v) is 5.58. The number of nitrogens with two attached hydrogens (primary N) is 1. The average molecular weight is 339 g/mol. The van der Waals surface area contributed by atoms with Gasteiger partial charge in [-0.15, -0.1) is 0 Å². The Morgan fingerprint density at radius 2 is 1.88 bits per heavy atom. The molecule has 0 saturated heterocycles. The Bertz CT molecular complexity index is 909. The lowest BCUT2D eigenvalue weighted by Gasteiger charge is -2.31. The van der Waals surface area contributed by atoms with Crippen molar-refractivity contribution >= 4 is 23.4 Å². The van der Waals surface area contributed by atoms with E-state index in [-0.39, 0.29) is 23.4 Å². The van der Waals surface area contributed by atoms with Gasteiger partial charge < -0.3 is 5.73 Å². The molecule has 2 aromatic rings. The van der Waals surface area contributed by atoms with Crippen LogP contribution in [-0.2, 0) is 16.1 Å². The topological polar surface area (TPSA) is 124 Å². The van der Waals surface area contributed by atoms with Gasteiger partial charge in [0.25, 0.3) is 11.6 Å². The maximum Gasteiger partial charge on any atom is 0.269 e. The lowest BCUT2D eigenvalue weighted by Crippen LogP contribution is -2.47. The summed E-state index contributed by atoms with van der Waals surface area (Å²) in [7, 11) is 0. The van der Waals surface area contributed by atoms with E-state index >= 15 is 0 Å². The van der Waals surface area contributed by atoms with Crippen LogP contribution < -0.4 is 5.73 Å². The van der Waals surface area contributed by atoms with Gasteiger partial charge in [-0.05, 0) is 17.2 Å². The largest absolute Gasteiger partial charge is 0.369 e. The van der Waals surface area contributed by atoms with Gasteiger partial charge in [0.05, 0.1) is 11.5 Å². The van der Waals surface area contributed by atoms with Gasteiger partial charge in [0.2, 0.25) is 11.8 Å². The summed E-state index contributed by atoms with van der Waals surface area (Å²) in [5.41, 5.74) is 6.10. The molecule has 0 radical (unpaired) electrons. The first-order chi connectivity index (χ1) is 11.9. The van der Waals surface area contributed by atoms with Gasteiger partial charge in [-0.2, -0.15) is 0 Å². The minimum atomic E-state index is -1.26. The van der Waals surface area contributed by atoms with E-state index in [0.717, 1.165) is 4.90 Å². The number of primary amides is 1. The molecule has 1 unspecified atom stereocenters. The van der Waals surface area contributed by atoms with Crippen molar-refractivity contribution in [3.63, 3.8) is 0 Å². The second-order valence-electron chi connectivity index (χ2n) is 5.58. The molecular weight excluding hydrogens is 326 g/mol. The van der Waals surface area contributed by atoms with Crippen LogP contribution in [0.2, 0.25) is 0 Å². The summed E-state index contributed by atoms with van der Waals surface area (Å²) >= 11 is 0. The van der Waals surface area contributed by atoms with Crippen molar-refractivity contribution in [3.8, 4) is 0 Å². The number of fused-ring (bicyclic) bond motifs is 1. The van der Waals surface area contributed by atoms with Gasteiger partial charge >= 0.3 is 0 Å². The molecule has 8 nitrogen and oxygen atoms in total. The fourth-order valence-electron chi connectivity index (χ4n) is 2.85. The predicted molar refractivity (Wildman–Crippen MR) is 86.4 cm³/mol. The van der Waals surface area contributed by atoms with Crippen molar-refractivity contribution in [2.45, 2.75) is 12.5 Å². The standard InChI is InChI=1S/C17H13N3O5/c18-15(21)14-12-6-1-2-7-13(12)16(22)19(17(14)23)9-10-4-3-5-11(8-10)20(24)25/h1-8,14H,9H2,(H2,18,21). The Morgan fingerprint density at radius 3 is 2.56 bits per heavy atom. The summed E-state index contributed by atoms with van der Waals surface area (Å²) in [6, 6.07) is 11.9. The van der Waals surface area contributed by atoms with Crippen LogP contribution in [0.15, 0.2) is 48.5 Å². The average Bonchev–Trinajstić information content (AvgIpc) is 2.58. The van der Waals surface area contributed by atoms with Gasteiger partial charge in [-0.3, -0.25) is 29.4 Å². The number of carbonyl (C=O) groups excluding carboxylic acids is 3. The Hall–Kier alpha value is -3.55. The van der Waals surface area contributed by atoms with Crippen LogP contribution in [0.3, 0.4) is 0 Å². The minimum absolute atomic E-state index is 0.152. The molecule has 2 aromatic carbocycles. The number of nitrogens with zero attached hydrogens (tertiary/aromatic N) is 2. The maximum atomic E-state index is 12.6. The summed E-state index contributed by atoms with van der Waals surface area (Å²) in [4.78, 5) is 48.2. The highest BCUT2D eigenvalue weighted by Crippen LogP contribution is 2.30. The van der Waals surface area contributed by atoms with Crippen molar-refractivity contribution in [3.05, 3.63) is 75.3 Å². The van der Waals surface area contributed by atoms with Crippen LogP contribution in [0, 0.1) is 10.1 Å². The molecular formula is C17H13N3O5. The van der Waals surface area contributed by atoms with Gasteiger partial charge in [0.1, 0.15) is 5.92 Å². The van der Waals surface area contributed by atoms with Crippen LogP contribution in [0.5, 0.6) is 0 Å². The van der Waals surface area contributed by atoms with Crippen molar-refractivity contribution < 1.29 is 19.3 Å². The van der Waals surface area contributed by atoms with Gasteiger partial charge in [0, 0.05) is 17.7 Å². The Kier molecular flexibility index (Phi) is 4.02. The first kappa shape index (κ1) is 16.3. The molecule has 1 aliphatic rings. The van der Waals surface area contributed by atoms with E-state index < -0.39 is 28.6 Å². The molecule has 2 N–H and O–H groups in total. The molecule has 0 saturated carbocycles. The molecule has 0 spiro atoms. The molecule has 25 heavy (non-hydrogen) atoms. The number of hydrogen-bond acceptors (Lipinski definition) is 5. The fraction of sp³-hybridized carbons (Fsp3) is 0.118. The predicted octanol–water partition coefficient (Wildman–Crippen LogP) is 1.35. The van der Waals surface area contributed by atoms with E-state index in [4.69, 9.17) is 5.73 Å². The molecule has 0 fully saturated rings. The van der Waals surface area contributed by atoms with E-state index in [1.165, 1.54) is 30.3 Å². The van der Waals surface area contributed by atoms with Crippen LogP contribution in [0.4, 0.5) is 5.69 Å². The SMILES string of the molecule is NC(=O)C1C(=O)N(Cc2cccc([N+](=O)[O-])c2)C(=O)c2ccccc21. The molecule has 1 atom stereocenters. The van der Waals surface area contributed by atoms with Crippen molar-refractivity contribution in [1.29, 1.82) is 0 Å². The lowest BCUT2D eigenvalue weighted by molar-refractivity contribution is -0.384. The zero-order chi connectivity index (χ0) is 18.1. The summed E-state index contributed by atoms with van der Waals surface area (Å²) in [5.74, 6) is -3.41. The molecule has 126 valence electrons. The monoisotopic (exact) mass is 339 g/mol. The number of non-ortho nitro benzene ring substituents is 1. The van der Waals surface area contributed by atoms with E-state index in [2.05, 4.69) is 0 Å². The lowest BCUT2D eigenvalue weighted by atomic mass is 9.87. The molecule has 3 rings (SSSR count). The van der Waals surface area contributed by atoms with Crippen LogP contribution >= 0.6 is 0 Å². The fourth-order valence-corrected chi connectivity index (χ4v) is 2.85. The van der Waals surface area contributed by atoms with Gasteiger partial charge in [0.15, 0.2) is 0 Å². The number of nitro benzene ring substituents is 1. The van der Waals surface area contributed by atoms with Crippen molar-refractivity contribution in [2.75, 3.05) is 0 Å². The number of amides is 3. The van der Waals surface area contributed by atoms with Gasteiger partial charge in [-0.25, -0.2) is 0 Å². The molecule has 0 aliphatic carbocycles. The highest BCUT2D eigenvalue weighted by Gasteiger charge is 2.41. The van der Waals surface area contributed by atoms with Crippen LogP contribution in [0.25, 0.3) is 0 Å². The Labute approximate surface area is 142 Å². The molecule has 8 heteroatoms. The minimum Gasteiger partial charge on any atom is -0.369 e. The second kappa shape index (κ2) is 6.16. The molecule has 1 aliphatic heterocycles. The Balaban J connectivity index is 2.01. The number of imide groups is 1. The van der Waals surface area contributed by atoms with E-state index in [1.807, 2.05) is 0 Å². The number of carbonyl (C=O) groups is 3. The number of rotatable bonds is 4. The van der Waals surface area contributed by atoms with Crippen LogP contribution in [-0.4, -0.2) is 27.5 Å². The molecule has 0 aromatic heterocycles. The van der Waals surface area contributed by atoms with Gasteiger partial charge in [-0.1, -0.05) is 30.3 Å². The van der Waals surface area contributed by atoms with E-state index in [9.17, 15) is 24.5 Å². The van der Waals surface area contributed by atoms with E-state index in [1.54, 1.807) is 18.2 Å². The molecule has 3 amide bonds. The Morgan fingerprint density at radius 1 is 1.16 bits per heavy atom. The maximum absolute atomic E-state index is 12.6. The number of hydrogen-bond donors (Lipinski definition) is 1. The summed E-state index contributed by atoms with van der Waals surface area (Å²) in [6.45, 7) is -0.183. The van der Waals surface area contributed by atoms with Crippen LogP contribution in [0.1, 0.15) is 27.4 Å². The zero-order valence-electron chi connectivity index (χ0n) is 12.9. The first-order valence-corrected chi connectivity index (χ1v) is 7.37. The zero-order valence-corrected chi connectivity index (χ0v) is 12.9. The number of benzene rings is 2. The third-order valence-electron chi connectivity index (χ3n) is 4.01. The van der Waals surface area contributed by atoms with Crippen molar-refractivity contribution in [2.24, 2.45) is 5.73 Å². The summed E-state index contributed by atoms with van der Waals surface area (Å²) in [6.07, 6.45) is 0. The smallest absolute Gasteiger partial charge is 0.269 e. The number of nitro groups is 1. The molecule has 0 bridgehead atoms. The van der Waals surface area contributed by atoms with E-state index in [0.29, 0.717) is 5.56 Å². The highest BCUT2D eigenvalue weighted by atomic mass is 16.6. The third kappa shape index (κ3) is 2.85. The summed E-state index contributed by atoms with van der Waals surface area (Å²) in [5, 5.41) is 10.9. The normalized spacial score (nSPS) is 16.5. The van der Waals surface area contributed by atoms with Crippen molar-refractivity contribution in [1.82, 2.24) is 4.90 Å².